The number of rotatable bonds is 9. The Morgan fingerprint density at radius 3 is 1.83 bits per heavy atom. The maximum Gasteiger partial charge on any atom is 0.417 e. The Morgan fingerprint density at radius 1 is 0.826 bits per heavy atom. The monoisotopic (exact) mass is 670 g/mol. The molecule has 0 atom stereocenters. The standard InChI is InChI=1S/C30H35F9N4O3/c1-5-42(15-19-6-8-25(9-7-19)46-18(2)44)26-21(12-24(14-40-26)30(37,38)39)17-43(27(45)41(3)4)16-20-10-22(28(31,32)33)13-23(11-20)29(34,35)36/h10-14,19,25H,5-9,15-17H2,1-4H3. The Bertz CT molecular complexity index is 1340. The van der Waals surface area contributed by atoms with E-state index in [9.17, 15) is 49.1 Å². The predicted octanol–water partition coefficient (Wildman–Crippen LogP) is 7.77. The van der Waals surface area contributed by atoms with Gasteiger partial charge in [-0.15, -0.1) is 0 Å². The third-order valence-corrected chi connectivity index (χ3v) is 7.59. The van der Waals surface area contributed by atoms with Crippen LogP contribution in [0.3, 0.4) is 0 Å². The summed E-state index contributed by atoms with van der Waals surface area (Å²) in [6, 6.07) is 0.824. The van der Waals surface area contributed by atoms with E-state index in [2.05, 4.69) is 4.98 Å². The van der Waals surface area contributed by atoms with Crippen LogP contribution in [0.15, 0.2) is 30.5 Å². The van der Waals surface area contributed by atoms with Gasteiger partial charge >= 0.3 is 30.5 Å². The van der Waals surface area contributed by atoms with Gasteiger partial charge in [0.1, 0.15) is 11.9 Å². The van der Waals surface area contributed by atoms with Crippen LogP contribution in [0.2, 0.25) is 0 Å². The number of urea groups is 1. The van der Waals surface area contributed by atoms with Crippen molar-refractivity contribution >= 4 is 17.8 Å². The number of carbonyl (C=O) groups excluding carboxylic acids is 2. The molecule has 0 unspecified atom stereocenters. The number of pyridine rings is 1. The SMILES string of the molecule is CCN(CC1CCC(OC(C)=O)CC1)c1ncc(C(F)(F)F)cc1CN(Cc1cc(C(F)(F)F)cc(C(F)(F)F)c1)C(=O)N(C)C. The summed E-state index contributed by atoms with van der Waals surface area (Å²) < 4.78 is 128. The van der Waals surface area contributed by atoms with Gasteiger partial charge in [0.05, 0.1) is 23.2 Å². The molecule has 1 fully saturated rings. The van der Waals surface area contributed by atoms with Crippen LogP contribution in [0.25, 0.3) is 0 Å². The van der Waals surface area contributed by atoms with Crippen molar-refractivity contribution < 1.29 is 53.8 Å². The first kappa shape index (κ1) is 36.7. The molecule has 2 amide bonds. The molecule has 0 saturated heterocycles. The zero-order chi connectivity index (χ0) is 34.6. The third-order valence-electron chi connectivity index (χ3n) is 7.59. The molecule has 3 rings (SSSR count). The third kappa shape index (κ3) is 9.89. The number of amides is 2. The van der Waals surface area contributed by atoms with Crippen LogP contribution >= 0.6 is 0 Å². The Kier molecular flexibility index (Phi) is 11.5. The van der Waals surface area contributed by atoms with Crippen LogP contribution in [0.1, 0.15) is 67.3 Å². The molecule has 1 aromatic heterocycles. The molecule has 256 valence electrons. The van der Waals surface area contributed by atoms with E-state index < -0.39 is 65.9 Å². The summed E-state index contributed by atoms with van der Waals surface area (Å²) >= 11 is 0. The van der Waals surface area contributed by atoms with Crippen molar-refractivity contribution in [2.75, 3.05) is 32.1 Å². The second-order valence-electron chi connectivity index (χ2n) is 11.4. The van der Waals surface area contributed by atoms with Gasteiger partial charge in [-0.25, -0.2) is 9.78 Å². The van der Waals surface area contributed by atoms with Crippen molar-refractivity contribution in [1.82, 2.24) is 14.8 Å². The van der Waals surface area contributed by atoms with E-state index >= 15 is 0 Å². The molecule has 1 heterocycles. The van der Waals surface area contributed by atoms with Crippen LogP contribution in [-0.4, -0.2) is 60.1 Å². The molecule has 46 heavy (non-hydrogen) atoms. The van der Waals surface area contributed by atoms with Crippen LogP contribution in [0.5, 0.6) is 0 Å². The fourth-order valence-corrected chi connectivity index (χ4v) is 5.41. The van der Waals surface area contributed by atoms with Crippen molar-refractivity contribution in [2.24, 2.45) is 5.92 Å². The summed E-state index contributed by atoms with van der Waals surface area (Å²) in [5.74, 6) is -0.239. The fraction of sp³-hybridized carbons (Fsp3) is 0.567. The van der Waals surface area contributed by atoms with E-state index in [0.29, 0.717) is 57.1 Å². The predicted molar refractivity (Wildman–Crippen MR) is 149 cm³/mol. The molecule has 7 nitrogen and oxygen atoms in total. The van der Waals surface area contributed by atoms with Gasteiger partial charge in [-0.1, -0.05) is 0 Å². The topological polar surface area (TPSA) is 66.0 Å². The summed E-state index contributed by atoms with van der Waals surface area (Å²) in [6.07, 6.45) is -12.2. The average molecular weight is 671 g/mol. The largest absolute Gasteiger partial charge is 0.463 e. The molecule has 0 radical (unpaired) electrons. The molecule has 0 spiro atoms. The summed E-state index contributed by atoms with van der Waals surface area (Å²) in [5, 5.41) is 0. The molecule has 1 saturated carbocycles. The second-order valence-corrected chi connectivity index (χ2v) is 11.4. The van der Waals surface area contributed by atoms with Crippen LogP contribution in [0, 0.1) is 5.92 Å². The smallest absolute Gasteiger partial charge is 0.417 e. The molecule has 1 aliphatic carbocycles. The van der Waals surface area contributed by atoms with E-state index in [-0.39, 0.29) is 29.5 Å². The number of hydrogen-bond acceptors (Lipinski definition) is 5. The summed E-state index contributed by atoms with van der Waals surface area (Å²) in [6.45, 7) is 2.34. The highest BCUT2D eigenvalue weighted by Crippen LogP contribution is 2.38. The molecule has 16 heteroatoms. The summed E-state index contributed by atoms with van der Waals surface area (Å²) in [7, 11) is 2.58. The highest BCUT2D eigenvalue weighted by Gasteiger charge is 2.38. The number of anilines is 1. The van der Waals surface area contributed by atoms with E-state index in [1.165, 1.54) is 21.0 Å². The van der Waals surface area contributed by atoms with E-state index in [1.807, 2.05) is 0 Å². The fourth-order valence-electron chi connectivity index (χ4n) is 5.41. The summed E-state index contributed by atoms with van der Waals surface area (Å²) in [4.78, 5) is 32.2. The quantitative estimate of drug-likeness (QED) is 0.202. The zero-order valence-electron chi connectivity index (χ0n) is 25.6. The Hall–Kier alpha value is -3.72. The molecule has 0 N–H and O–H groups in total. The van der Waals surface area contributed by atoms with Crippen LogP contribution in [0.4, 0.5) is 50.1 Å². The maximum atomic E-state index is 13.8. The highest BCUT2D eigenvalue weighted by molar-refractivity contribution is 5.74. The summed E-state index contributed by atoms with van der Waals surface area (Å²) in [5.41, 5.74) is -4.92. The molecular weight excluding hydrogens is 635 g/mol. The maximum absolute atomic E-state index is 13.8. The van der Waals surface area contributed by atoms with E-state index in [1.54, 1.807) is 11.8 Å². The number of esters is 1. The van der Waals surface area contributed by atoms with Gasteiger partial charge in [0.25, 0.3) is 0 Å². The number of ether oxygens (including phenoxy) is 1. The van der Waals surface area contributed by atoms with Crippen molar-refractivity contribution in [2.45, 2.75) is 77.3 Å². The Morgan fingerprint density at radius 2 is 1.37 bits per heavy atom. The van der Waals surface area contributed by atoms with Gasteiger partial charge in [0.2, 0.25) is 0 Å². The molecule has 1 aromatic carbocycles. The van der Waals surface area contributed by atoms with Gasteiger partial charge in [-0.3, -0.25) is 4.79 Å². The lowest BCUT2D eigenvalue weighted by Crippen LogP contribution is -2.39. The number of carbonyl (C=O) groups is 2. The molecule has 0 bridgehead atoms. The lowest BCUT2D eigenvalue weighted by atomic mass is 9.87. The van der Waals surface area contributed by atoms with E-state index in [0.717, 1.165) is 15.9 Å². The first-order valence-electron chi connectivity index (χ1n) is 14.4. The number of halogens is 9. The van der Waals surface area contributed by atoms with Crippen LogP contribution < -0.4 is 4.90 Å². The van der Waals surface area contributed by atoms with Crippen molar-refractivity contribution in [3.05, 3.63) is 58.3 Å². The van der Waals surface area contributed by atoms with E-state index in [4.69, 9.17) is 4.74 Å². The van der Waals surface area contributed by atoms with Gasteiger partial charge in [-0.05, 0) is 68.4 Å². The molecule has 2 aromatic rings. The number of hydrogen-bond donors (Lipinski definition) is 0. The lowest BCUT2D eigenvalue weighted by molar-refractivity contribution is -0.148. The van der Waals surface area contributed by atoms with Gasteiger partial charge in [0, 0.05) is 52.4 Å². The first-order valence-corrected chi connectivity index (χ1v) is 14.4. The first-order chi connectivity index (χ1) is 21.2. The molecule has 1 aliphatic rings. The number of aromatic nitrogens is 1. The Labute approximate surface area is 260 Å². The second kappa shape index (κ2) is 14.4. The number of nitrogens with zero attached hydrogens (tertiary/aromatic N) is 4. The zero-order valence-corrected chi connectivity index (χ0v) is 25.6. The van der Waals surface area contributed by atoms with Crippen molar-refractivity contribution in [3.63, 3.8) is 0 Å². The number of benzene rings is 1. The van der Waals surface area contributed by atoms with Gasteiger partial charge < -0.3 is 19.4 Å². The van der Waals surface area contributed by atoms with Crippen LogP contribution in [-0.2, 0) is 41.1 Å². The Balaban J connectivity index is 2.02. The molecule has 0 aliphatic heterocycles. The minimum atomic E-state index is -5.14. The normalized spacial score (nSPS) is 17.4. The van der Waals surface area contributed by atoms with Crippen molar-refractivity contribution in [1.29, 1.82) is 0 Å². The minimum absolute atomic E-state index is 0.0464. The van der Waals surface area contributed by atoms with Crippen molar-refractivity contribution in [3.8, 4) is 0 Å². The molecular formula is C30H35F9N4O3. The average Bonchev–Trinajstić information content (AvgIpc) is 2.94. The van der Waals surface area contributed by atoms with Gasteiger partial charge in [-0.2, -0.15) is 39.5 Å². The van der Waals surface area contributed by atoms with Gasteiger partial charge in [0.15, 0.2) is 0 Å². The lowest BCUT2D eigenvalue weighted by Gasteiger charge is -2.34. The minimum Gasteiger partial charge on any atom is -0.463 e. The number of alkyl halides is 9. The highest BCUT2D eigenvalue weighted by atomic mass is 19.4.